The summed E-state index contributed by atoms with van der Waals surface area (Å²) < 4.78 is 18.1. The third-order valence-corrected chi connectivity index (χ3v) is 3.93. The molecule has 1 aromatic rings. The second kappa shape index (κ2) is 7.77. The van der Waals surface area contributed by atoms with Crippen molar-refractivity contribution < 1.29 is 23.8 Å². The lowest BCUT2D eigenvalue weighted by Gasteiger charge is -2.25. The quantitative estimate of drug-likeness (QED) is 0.790. The summed E-state index contributed by atoms with van der Waals surface area (Å²) in [6.45, 7) is 0.677. The Hall–Kier alpha value is -2.11. The molecule has 0 unspecified atom stereocenters. The lowest BCUT2D eigenvalue weighted by Crippen LogP contribution is -2.36. The van der Waals surface area contributed by atoms with Gasteiger partial charge in [0.2, 0.25) is 5.91 Å². The first-order chi connectivity index (χ1) is 10.6. The molecule has 1 aliphatic rings. The van der Waals surface area contributed by atoms with E-state index in [1.807, 2.05) is 0 Å². The molecular weight excluding hydrogens is 289 g/mol. The molecule has 0 heterocycles. The van der Waals surface area contributed by atoms with Gasteiger partial charge in [-0.25, -0.2) is 4.39 Å². The number of carboxylic acid groups (broad SMARTS) is 1. The van der Waals surface area contributed by atoms with Crippen molar-refractivity contribution in [1.29, 1.82) is 0 Å². The minimum atomic E-state index is -0.772. The van der Waals surface area contributed by atoms with Crippen molar-refractivity contribution >= 4 is 11.9 Å². The van der Waals surface area contributed by atoms with Gasteiger partial charge >= 0.3 is 5.97 Å². The number of hydrogen-bond donors (Lipinski definition) is 2. The molecule has 1 aromatic carbocycles. The summed E-state index contributed by atoms with van der Waals surface area (Å²) in [6, 6.07) is 5.69. The number of aliphatic carboxylic acids is 1. The molecule has 0 saturated heterocycles. The highest BCUT2D eigenvalue weighted by molar-refractivity contribution is 5.79. The molecule has 1 aliphatic carbocycles. The topological polar surface area (TPSA) is 75.6 Å². The molecule has 1 saturated carbocycles. The third-order valence-electron chi connectivity index (χ3n) is 3.93. The smallest absolute Gasteiger partial charge is 0.306 e. The molecule has 0 aromatic heterocycles. The van der Waals surface area contributed by atoms with Gasteiger partial charge in [-0.2, -0.15) is 0 Å². The highest BCUT2D eigenvalue weighted by Crippen LogP contribution is 2.28. The maximum absolute atomic E-state index is 12.7. The predicted octanol–water partition coefficient (Wildman–Crippen LogP) is 2.21. The number of ether oxygens (including phenoxy) is 1. The monoisotopic (exact) mass is 309 g/mol. The summed E-state index contributed by atoms with van der Waals surface area (Å²) in [6.07, 6.45) is 2.34. The number of carbonyl (C=O) groups is 2. The lowest BCUT2D eigenvalue weighted by molar-refractivity contribution is -0.144. The van der Waals surface area contributed by atoms with E-state index >= 15 is 0 Å². The van der Waals surface area contributed by atoms with Gasteiger partial charge in [0.05, 0.1) is 12.5 Å². The van der Waals surface area contributed by atoms with Crippen LogP contribution in [-0.2, 0) is 9.59 Å². The normalized spacial score (nSPS) is 21.1. The van der Waals surface area contributed by atoms with Crippen molar-refractivity contribution in [1.82, 2.24) is 5.32 Å². The maximum Gasteiger partial charge on any atom is 0.306 e. The molecule has 0 bridgehead atoms. The fraction of sp³-hybridized carbons (Fsp3) is 0.500. The van der Waals surface area contributed by atoms with Crippen LogP contribution < -0.4 is 10.1 Å². The molecule has 1 fully saturated rings. The fourth-order valence-corrected chi connectivity index (χ4v) is 2.62. The van der Waals surface area contributed by atoms with Gasteiger partial charge in [-0.15, -0.1) is 0 Å². The minimum absolute atomic E-state index is 0.0495. The molecule has 0 aliphatic heterocycles. The van der Waals surface area contributed by atoms with Crippen LogP contribution >= 0.6 is 0 Å². The first kappa shape index (κ1) is 16.3. The van der Waals surface area contributed by atoms with Crippen LogP contribution in [0, 0.1) is 17.7 Å². The summed E-state index contributed by atoms with van der Waals surface area (Å²) in [7, 11) is 0. The number of benzene rings is 1. The van der Waals surface area contributed by atoms with E-state index in [9.17, 15) is 14.0 Å². The number of rotatable bonds is 6. The highest BCUT2D eigenvalue weighted by Gasteiger charge is 2.29. The molecule has 5 nitrogen and oxygen atoms in total. The molecule has 120 valence electrons. The molecule has 2 rings (SSSR count). The SMILES string of the molecule is O=C(O)C1CCC(C(=O)NCCOc2ccc(F)cc2)CC1. The zero-order valence-corrected chi connectivity index (χ0v) is 12.3. The maximum atomic E-state index is 12.7. The zero-order valence-electron chi connectivity index (χ0n) is 12.3. The van der Waals surface area contributed by atoms with Crippen molar-refractivity contribution in [2.24, 2.45) is 11.8 Å². The Morgan fingerprint density at radius 1 is 1.14 bits per heavy atom. The van der Waals surface area contributed by atoms with Gasteiger partial charge in [0.1, 0.15) is 18.2 Å². The molecule has 6 heteroatoms. The van der Waals surface area contributed by atoms with Gasteiger partial charge in [0, 0.05) is 5.92 Å². The van der Waals surface area contributed by atoms with Gasteiger partial charge < -0.3 is 15.2 Å². The van der Waals surface area contributed by atoms with Gasteiger partial charge in [0.15, 0.2) is 0 Å². The Kier molecular flexibility index (Phi) is 5.75. The number of hydrogen-bond acceptors (Lipinski definition) is 3. The van der Waals surface area contributed by atoms with E-state index in [-0.39, 0.29) is 23.6 Å². The molecule has 0 atom stereocenters. The van der Waals surface area contributed by atoms with E-state index in [0.717, 1.165) is 0 Å². The zero-order chi connectivity index (χ0) is 15.9. The summed E-state index contributed by atoms with van der Waals surface area (Å²) >= 11 is 0. The molecule has 22 heavy (non-hydrogen) atoms. The van der Waals surface area contributed by atoms with Gasteiger partial charge in [-0.05, 0) is 49.9 Å². The number of amides is 1. The number of carboxylic acids is 1. The van der Waals surface area contributed by atoms with Crippen molar-refractivity contribution in [2.75, 3.05) is 13.2 Å². The van der Waals surface area contributed by atoms with Crippen LogP contribution in [0.25, 0.3) is 0 Å². The van der Waals surface area contributed by atoms with Gasteiger partial charge in [0.25, 0.3) is 0 Å². The average Bonchev–Trinajstić information content (AvgIpc) is 2.53. The fourth-order valence-electron chi connectivity index (χ4n) is 2.62. The van der Waals surface area contributed by atoms with E-state index in [0.29, 0.717) is 44.6 Å². The van der Waals surface area contributed by atoms with Gasteiger partial charge in [-0.3, -0.25) is 9.59 Å². The van der Waals surface area contributed by atoms with E-state index in [1.54, 1.807) is 0 Å². The van der Waals surface area contributed by atoms with Crippen LogP contribution in [0.4, 0.5) is 4.39 Å². The van der Waals surface area contributed by atoms with E-state index in [1.165, 1.54) is 24.3 Å². The van der Waals surface area contributed by atoms with Crippen LogP contribution in [0.1, 0.15) is 25.7 Å². The van der Waals surface area contributed by atoms with Crippen LogP contribution in [0.5, 0.6) is 5.75 Å². The van der Waals surface area contributed by atoms with E-state index in [2.05, 4.69) is 5.32 Å². The summed E-state index contributed by atoms with van der Waals surface area (Å²) in [4.78, 5) is 22.8. The van der Waals surface area contributed by atoms with Crippen molar-refractivity contribution in [3.8, 4) is 5.75 Å². The summed E-state index contributed by atoms with van der Waals surface area (Å²) in [5.74, 6) is -1.01. The number of carbonyl (C=O) groups excluding carboxylic acids is 1. The Balaban J connectivity index is 1.64. The van der Waals surface area contributed by atoms with E-state index < -0.39 is 5.97 Å². The van der Waals surface area contributed by atoms with Crippen molar-refractivity contribution in [3.05, 3.63) is 30.1 Å². The average molecular weight is 309 g/mol. The second-order valence-corrected chi connectivity index (χ2v) is 5.48. The minimum Gasteiger partial charge on any atom is -0.492 e. The third kappa shape index (κ3) is 4.72. The summed E-state index contributed by atoms with van der Waals surface area (Å²) in [5, 5.41) is 11.7. The van der Waals surface area contributed by atoms with E-state index in [4.69, 9.17) is 9.84 Å². The largest absolute Gasteiger partial charge is 0.492 e. The standard InChI is InChI=1S/C16H20FNO4/c17-13-5-7-14(8-6-13)22-10-9-18-15(19)11-1-3-12(4-2-11)16(20)21/h5-8,11-12H,1-4,9-10H2,(H,18,19)(H,20,21). The summed E-state index contributed by atoms with van der Waals surface area (Å²) in [5.41, 5.74) is 0. The first-order valence-corrected chi connectivity index (χ1v) is 7.45. The van der Waals surface area contributed by atoms with Crippen molar-refractivity contribution in [3.63, 3.8) is 0 Å². The Morgan fingerprint density at radius 3 is 2.32 bits per heavy atom. The Labute approximate surface area is 128 Å². The van der Waals surface area contributed by atoms with Crippen LogP contribution in [0.15, 0.2) is 24.3 Å². The number of nitrogens with one attached hydrogen (secondary N) is 1. The molecule has 0 radical (unpaired) electrons. The second-order valence-electron chi connectivity index (χ2n) is 5.48. The molecule has 0 spiro atoms. The first-order valence-electron chi connectivity index (χ1n) is 7.45. The predicted molar refractivity (Wildman–Crippen MR) is 78.0 cm³/mol. The van der Waals surface area contributed by atoms with Crippen LogP contribution in [-0.4, -0.2) is 30.1 Å². The molecule has 2 N–H and O–H groups in total. The van der Waals surface area contributed by atoms with Crippen molar-refractivity contribution in [2.45, 2.75) is 25.7 Å². The highest BCUT2D eigenvalue weighted by atomic mass is 19.1. The van der Waals surface area contributed by atoms with Crippen LogP contribution in [0.2, 0.25) is 0 Å². The van der Waals surface area contributed by atoms with Crippen LogP contribution in [0.3, 0.4) is 0 Å². The molecular formula is C16H20FNO4. The van der Waals surface area contributed by atoms with Gasteiger partial charge in [-0.1, -0.05) is 0 Å². The Bertz CT molecular complexity index is 509. The lowest BCUT2D eigenvalue weighted by atomic mass is 9.81. The molecule has 1 amide bonds. The number of halogens is 1. The Morgan fingerprint density at radius 2 is 1.73 bits per heavy atom.